The molecule has 6 heteroatoms. The Bertz CT molecular complexity index is 412. The van der Waals surface area contributed by atoms with E-state index in [4.69, 9.17) is 9.84 Å². The largest absolute Gasteiger partial charge is 0.489 e. The number of carbonyl (C=O) groups is 1. The lowest BCUT2D eigenvalue weighted by atomic mass is 10.3. The number of rotatable bonds is 7. The third kappa shape index (κ3) is 5.09. The monoisotopic (exact) mass is 259 g/mol. The highest BCUT2D eigenvalue weighted by molar-refractivity contribution is 5.66. The average Bonchev–Trinajstić information content (AvgIpc) is 2.29. The van der Waals surface area contributed by atoms with Crippen LogP contribution in [0.25, 0.3) is 0 Å². The van der Waals surface area contributed by atoms with E-state index in [1.807, 2.05) is 0 Å². The van der Waals surface area contributed by atoms with Gasteiger partial charge in [0.2, 0.25) is 0 Å². The first-order valence-corrected chi connectivity index (χ1v) is 5.47. The van der Waals surface area contributed by atoms with Crippen molar-refractivity contribution in [2.45, 2.75) is 6.42 Å². The fraction of sp³-hybridized carbons (Fsp3) is 0.417. The van der Waals surface area contributed by atoms with E-state index in [1.165, 1.54) is 6.07 Å². The van der Waals surface area contributed by atoms with E-state index >= 15 is 0 Å². The number of hydrogen-bond acceptors (Lipinski definition) is 3. The maximum atomic E-state index is 13.2. The zero-order valence-corrected chi connectivity index (χ0v) is 10.0. The topological polar surface area (TPSA) is 49.8 Å². The first-order valence-electron chi connectivity index (χ1n) is 5.47. The van der Waals surface area contributed by atoms with Crippen molar-refractivity contribution in [3.63, 3.8) is 0 Å². The molecule has 0 radical (unpaired) electrons. The van der Waals surface area contributed by atoms with Crippen LogP contribution in [0.4, 0.5) is 8.78 Å². The molecular weight excluding hydrogens is 244 g/mol. The third-order valence-corrected chi connectivity index (χ3v) is 2.33. The van der Waals surface area contributed by atoms with Crippen LogP contribution in [0.2, 0.25) is 0 Å². The van der Waals surface area contributed by atoms with Crippen molar-refractivity contribution < 1.29 is 23.4 Å². The molecule has 0 atom stereocenters. The SMILES string of the molecule is CN(CCOc1ccc(F)cc1F)CCC(=O)O. The molecule has 0 aliphatic heterocycles. The van der Waals surface area contributed by atoms with E-state index < -0.39 is 17.6 Å². The van der Waals surface area contributed by atoms with Gasteiger partial charge in [-0.05, 0) is 19.2 Å². The van der Waals surface area contributed by atoms with Crippen LogP contribution in [-0.4, -0.2) is 42.7 Å². The van der Waals surface area contributed by atoms with E-state index in [2.05, 4.69) is 0 Å². The van der Waals surface area contributed by atoms with Crippen molar-refractivity contribution in [1.29, 1.82) is 0 Å². The van der Waals surface area contributed by atoms with Gasteiger partial charge in [-0.15, -0.1) is 0 Å². The second kappa shape index (κ2) is 6.90. The molecule has 0 aromatic heterocycles. The van der Waals surface area contributed by atoms with Crippen LogP contribution in [0.15, 0.2) is 18.2 Å². The number of hydrogen-bond donors (Lipinski definition) is 1. The summed E-state index contributed by atoms with van der Waals surface area (Å²) in [6, 6.07) is 3.10. The van der Waals surface area contributed by atoms with Gasteiger partial charge in [-0.25, -0.2) is 8.78 Å². The number of benzene rings is 1. The number of halogens is 2. The zero-order valence-electron chi connectivity index (χ0n) is 10.0. The Kier molecular flexibility index (Phi) is 5.51. The number of carboxylic acid groups (broad SMARTS) is 1. The molecule has 4 nitrogen and oxygen atoms in total. The molecule has 0 heterocycles. The molecule has 0 spiro atoms. The Balaban J connectivity index is 2.30. The number of likely N-dealkylation sites (N-methyl/N-ethyl adjacent to an activating group) is 1. The summed E-state index contributed by atoms with van der Waals surface area (Å²) in [5, 5.41) is 8.49. The second-order valence-corrected chi connectivity index (χ2v) is 3.87. The summed E-state index contributed by atoms with van der Waals surface area (Å²) in [6.45, 7) is 1.06. The summed E-state index contributed by atoms with van der Waals surface area (Å²) < 4.78 is 30.9. The third-order valence-electron chi connectivity index (χ3n) is 2.33. The van der Waals surface area contributed by atoms with Gasteiger partial charge >= 0.3 is 5.97 Å². The van der Waals surface area contributed by atoms with Gasteiger partial charge in [0.1, 0.15) is 12.4 Å². The van der Waals surface area contributed by atoms with E-state index in [0.717, 1.165) is 12.1 Å². The lowest BCUT2D eigenvalue weighted by molar-refractivity contribution is -0.137. The predicted octanol–water partition coefficient (Wildman–Crippen LogP) is 1.75. The average molecular weight is 259 g/mol. The first kappa shape index (κ1) is 14.4. The van der Waals surface area contributed by atoms with Crippen molar-refractivity contribution in [1.82, 2.24) is 4.90 Å². The van der Waals surface area contributed by atoms with Crippen LogP contribution in [-0.2, 0) is 4.79 Å². The fourth-order valence-electron chi connectivity index (χ4n) is 1.30. The van der Waals surface area contributed by atoms with Gasteiger partial charge in [0.25, 0.3) is 0 Å². The Morgan fingerprint density at radius 1 is 1.39 bits per heavy atom. The quantitative estimate of drug-likeness (QED) is 0.810. The molecule has 1 rings (SSSR count). The molecule has 100 valence electrons. The van der Waals surface area contributed by atoms with Gasteiger partial charge in [0.05, 0.1) is 6.42 Å². The number of ether oxygens (including phenoxy) is 1. The highest BCUT2D eigenvalue weighted by Gasteiger charge is 2.06. The fourth-order valence-corrected chi connectivity index (χ4v) is 1.30. The van der Waals surface area contributed by atoms with Crippen LogP contribution in [0.5, 0.6) is 5.75 Å². The Hall–Kier alpha value is -1.69. The number of aliphatic carboxylic acids is 1. The first-order chi connectivity index (χ1) is 8.49. The van der Waals surface area contributed by atoms with Gasteiger partial charge in [-0.1, -0.05) is 0 Å². The summed E-state index contributed by atoms with van der Waals surface area (Å²) in [7, 11) is 1.74. The molecule has 18 heavy (non-hydrogen) atoms. The molecule has 0 unspecified atom stereocenters. The lowest BCUT2D eigenvalue weighted by Crippen LogP contribution is -2.26. The van der Waals surface area contributed by atoms with Crippen molar-refractivity contribution >= 4 is 5.97 Å². The van der Waals surface area contributed by atoms with Gasteiger partial charge in [-0.3, -0.25) is 4.79 Å². The van der Waals surface area contributed by atoms with Gasteiger partial charge in [-0.2, -0.15) is 0 Å². The standard InChI is InChI=1S/C12H15F2NO3/c1-15(5-4-12(16)17)6-7-18-11-3-2-9(13)8-10(11)14/h2-3,8H,4-7H2,1H3,(H,16,17). The van der Waals surface area contributed by atoms with E-state index in [-0.39, 0.29) is 18.8 Å². The minimum atomic E-state index is -0.868. The Morgan fingerprint density at radius 3 is 2.72 bits per heavy atom. The number of carboxylic acids is 1. The molecule has 0 saturated carbocycles. The molecule has 0 aliphatic carbocycles. The molecule has 0 amide bonds. The van der Waals surface area contributed by atoms with Crippen molar-refractivity contribution in [2.24, 2.45) is 0 Å². The number of nitrogens with zero attached hydrogens (tertiary/aromatic N) is 1. The second-order valence-electron chi connectivity index (χ2n) is 3.87. The predicted molar refractivity (Wildman–Crippen MR) is 61.6 cm³/mol. The van der Waals surface area contributed by atoms with Gasteiger partial charge in [0.15, 0.2) is 11.6 Å². The van der Waals surface area contributed by atoms with E-state index in [9.17, 15) is 13.6 Å². The molecule has 0 aliphatic rings. The van der Waals surface area contributed by atoms with E-state index in [1.54, 1.807) is 11.9 Å². The van der Waals surface area contributed by atoms with Crippen LogP contribution in [0.3, 0.4) is 0 Å². The Morgan fingerprint density at radius 2 is 2.11 bits per heavy atom. The Labute approximate surface area is 104 Å². The smallest absolute Gasteiger partial charge is 0.304 e. The maximum absolute atomic E-state index is 13.2. The van der Waals surface area contributed by atoms with Gasteiger partial charge < -0.3 is 14.7 Å². The minimum absolute atomic E-state index is 0.0111. The summed E-state index contributed by atoms with van der Waals surface area (Å²) in [6.07, 6.45) is 0.0431. The molecule has 0 saturated heterocycles. The van der Waals surface area contributed by atoms with Gasteiger partial charge in [0, 0.05) is 19.2 Å². The lowest BCUT2D eigenvalue weighted by Gasteiger charge is -2.15. The summed E-state index contributed by atoms with van der Waals surface area (Å²) in [5.41, 5.74) is 0. The highest BCUT2D eigenvalue weighted by Crippen LogP contribution is 2.17. The van der Waals surface area contributed by atoms with E-state index in [0.29, 0.717) is 13.1 Å². The molecule has 0 fully saturated rings. The molecule has 1 aromatic carbocycles. The summed E-state index contributed by atoms with van der Waals surface area (Å²) in [4.78, 5) is 12.1. The molecule has 1 aromatic rings. The van der Waals surface area contributed by atoms with Crippen LogP contribution in [0, 0.1) is 11.6 Å². The maximum Gasteiger partial charge on any atom is 0.304 e. The van der Waals surface area contributed by atoms with Crippen molar-refractivity contribution in [3.8, 4) is 5.75 Å². The van der Waals surface area contributed by atoms with Crippen molar-refractivity contribution in [3.05, 3.63) is 29.8 Å². The van der Waals surface area contributed by atoms with Crippen LogP contribution in [0.1, 0.15) is 6.42 Å². The molecular formula is C12H15F2NO3. The molecule has 0 bridgehead atoms. The highest BCUT2D eigenvalue weighted by atomic mass is 19.1. The molecule has 1 N–H and O–H groups in total. The summed E-state index contributed by atoms with van der Waals surface area (Å²) in [5.74, 6) is -2.28. The normalized spacial score (nSPS) is 10.7. The van der Waals surface area contributed by atoms with Crippen LogP contribution >= 0.6 is 0 Å². The van der Waals surface area contributed by atoms with Crippen LogP contribution < -0.4 is 4.74 Å². The van der Waals surface area contributed by atoms with Crippen molar-refractivity contribution in [2.75, 3.05) is 26.7 Å². The minimum Gasteiger partial charge on any atom is -0.489 e. The zero-order chi connectivity index (χ0) is 13.5. The summed E-state index contributed by atoms with van der Waals surface area (Å²) >= 11 is 0.